The number of hydrogen-bond donors (Lipinski definition) is 0. The van der Waals surface area contributed by atoms with E-state index in [2.05, 4.69) is 25.7 Å². The van der Waals surface area contributed by atoms with Crippen molar-refractivity contribution in [3.63, 3.8) is 0 Å². The molecular weight excluding hydrogens is 186 g/mol. The molecule has 0 aromatic rings. The van der Waals surface area contributed by atoms with Crippen molar-refractivity contribution in [2.75, 3.05) is 13.1 Å². The van der Waals surface area contributed by atoms with Crippen LogP contribution in [0.2, 0.25) is 0 Å². The Morgan fingerprint density at radius 3 is 2.40 bits per heavy atom. The number of carbonyl (C=O) groups excluding carboxylic acids is 1. The largest absolute Gasteiger partial charge is 0.342 e. The van der Waals surface area contributed by atoms with Crippen molar-refractivity contribution < 1.29 is 4.79 Å². The summed E-state index contributed by atoms with van der Waals surface area (Å²) in [5.41, 5.74) is 0.329. The molecule has 1 amide bonds. The van der Waals surface area contributed by atoms with Crippen LogP contribution in [-0.4, -0.2) is 23.9 Å². The molecule has 0 saturated carbocycles. The molecule has 1 aliphatic rings. The molecule has 0 aromatic heterocycles. The van der Waals surface area contributed by atoms with Gasteiger partial charge in [-0.25, -0.2) is 0 Å². The fourth-order valence-electron chi connectivity index (χ4n) is 2.25. The minimum Gasteiger partial charge on any atom is -0.342 e. The SMILES string of the molecule is CC(C)C(=O)N1CCCC(C(C)(C)C)C1. The van der Waals surface area contributed by atoms with Crippen LogP contribution in [-0.2, 0) is 4.79 Å². The second-order valence-corrected chi connectivity index (χ2v) is 6.14. The zero-order chi connectivity index (χ0) is 11.6. The molecule has 0 aliphatic carbocycles. The van der Waals surface area contributed by atoms with Gasteiger partial charge in [-0.2, -0.15) is 0 Å². The second-order valence-electron chi connectivity index (χ2n) is 6.14. The van der Waals surface area contributed by atoms with Gasteiger partial charge in [-0.15, -0.1) is 0 Å². The molecule has 0 radical (unpaired) electrons. The van der Waals surface area contributed by atoms with E-state index in [4.69, 9.17) is 0 Å². The average molecular weight is 211 g/mol. The minimum atomic E-state index is 0.142. The first-order chi connectivity index (χ1) is 6.82. The average Bonchev–Trinajstić information content (AvgIpc) is 2.15. The Kier molecular flexibility index (Phi) is 3.80. The smallest absolute Gasteiger partial charge is 0.225 e. The maximum absolute atomic E-state index is 11.9. The zero-order valence-corrected chi connectivity index (χ0v) is 10.8. The summed E-state index contributed by atoms with van der Waals surface area (Å²) >= 11 is 0. The molecule has 15 heavy (non-hydrogen) atoms. The van der Waals surface area contributed by atoms with Crippen molar-refractivity contribution in [3.05, 3.63) is 0 Å². The lowest BCUT2D eigenvalue weighted by Crippen LogP contribution is -2.45. The normalized spacial score (nSPS) is 23.3. The summed E-state index contributed by atoms with van der Waals surface area (Å²) in [7, 11) is 0. The molecule has 1 aliphatic heterocycles. The van der Waals surface area contributed by atoms with Gasteiger partial charge in [-0.3, -0.25) is 4.79 Å². The summed E-state index contributed by atoms with van der Waals surface area (Å²) in [4.78, 5) is 14.0. The predicted molar refractivity (Wildman–Crippen MR) is 63.6 cm³/mol. The number of rotatable bonds is 1. The predicted octanol–water partition coefficient (Wildman–Crippen LogP) is 2.93. The van der Waals surface area contributed by atoms with Crippen LogP contribution in [0.4, 0.5) is 0 Å². The molecule has 0 aromatic carbocycles. The highest BCUT2D eigenvalue weighted by Crippen LogP contribution is 2.33. The Hall–Kier alpha value is -0.530. The standard InChI is InChI=1S/C13H25NO/c1-10(2)12(15)14-8-6-7-11(9-14)13(3,4)5/h10-11H,6-9H2,1-5H3. The minimum absolute atomic E-state index is 0.142. The molecule has 2 heteroatoms. The molecule has 1 saturated heterocycles. The fraction of sp³-hybridized carbons (Fsp3) is 0.923. The molecular formula is C13H25NO. The van der Waals surface area contributed by atoms with Gasteiger partial charge >= 0.3 is 0 Å². The first kappa shape index (κ1) is 12.5. The lowest BCUT2D eigenvalue weighted by molar-refractivity contribution is -0.137. The highest BCUT2D eigenvalue weighted by Gasteiger charge is 2.31. The topological polar surface area (TPSA) is 20.3 Å². The molecule has 1 rings (SSSR count). The summed E-state index contributed by atoms with van der Waals surface area (Å²) < 4.78 is 0. The van der Waals surface area contributed by atoms with Gasteiger partial charge in [0.2, 0.25) is 5.91 Å². The first-order valence-electron chi connectivity index (χ1n) is 6.11. The van der Waals surface area contributed by atoms with Crippen molar-refractivity contribution >= 4 is 5.91 Å². The van der Waals surface area contributed by atoms with E-state index in [-0.39, 0.29) is 5.92 Å². The van der Waals surface area contributed by atoms with Crippen LogP contribution in [0.25, 0.3) is 0 Å². The van der Waals surface area contributed by atoms with Crippen molar-refractivity contribution in [2.24, 2.45) is 17.3 Å². The molecule has 1 fully saturated rings. The van der Waals surface area contributed by atoms with E-state index in [0.29, 0.717) is 17.2 Å². The number of amides is 1. The van der Waals surface area contributed by atoms with E-state index >= 15 is 0 Å². The maximum Gasteiger partial charge on any atom is 0.225 e. The highest BCUT2D eigenvalue weighted by atomic mass is 16.2. The molecule has 1 atom stereocenters. The van der Waals surface area contributed by atoms with E-state index in [0.717, 1.165) is 13.1 Å². The third kappa shape index (κ3) is 3.22. The van der Waals surface area contributed by atoms with Gasteiger partial charge in [0.15, 0.2) is 0 Å². The van der Waals surface area contributed by atoms with Gasteiger partial charge in [0, 0.05) is 19.0 Å². The Bertz CT molecular complexity index is 227. The Morgan fingerprint density at radius 2 is 1.93 bits per heavy atom. The quantitative estimate of drug-likeness (QED) is 0.653. The van der Waals surface area contributed by atoms with Crippen LogP contribution >= 0.6 is 0 Å². The Morgan fingerprint density at radius 1 is 1.33 bits per heavy atom. The summed E-state index contributed by atoms with van der Waals surface area (Å²) in [5, 5.41) is 0. The lowest BCUT2D eigenvalue weighted by atomic mass is 9.76. The monoisotopic (exact) mass is 211 g/mol. The Labute approximate surface area is 94.0 Å². The maximum atomic E-state index is 11.9. The summed E-state index contributed by atoms with van der Waals surface area (Å²) in [6, 6.07) is 0. The summed E-state index contributed by atoms with van der Waals surface area (Å²) in [6.07, 6.45) is 2.44. The molecule has 1 unspecified atom stereocenters. The lowest BCUT2D eigenvalue weighted by Gasteiger charge is -2.40. The molecule has 0 N–H and O–H groups in total. The number of carbonyl (C=O) groups is 1. The van der Waals surface area contributed by atoms with Gasteiger partial charge in [-0.05, 0) is 24.2 Å². The van der Waals surface area contributed by atoms with E-state index in [1.807, 2.05) is 13.8 Å². The van der Waals surface area contributed by atoms with Gasteiger partial charge < -0.3 is 4.90 Å². The molecule has 1 heterocycles. The number of likely N-dealkylation sites (tertiary alicyclic amines) is 1. The molecule has 0 spiro atoms. The van der Waals surface area contributed by atoms with E-state index < -0.39 is 0 Å². The highest BCUT2D eigenvalue weighted by molar-refractivity contribution is 5.78. The van der Waals surface area contributed by atoms with Gasteiger partial charge in [0.25, 0.3) is 0 Å². The third-order valence-corrected chi connectivity index (χ3v) is 3.45. The van der Waals surface area contributed by atoms with Gasteiger partial charge in [-0.1, -0.05) is 34.6 Å². The number of nitrogens with zero attached hydrogens (tertiary/aromatic N) is 1. The van der Waals surface area contributed by atoms with Gasteiger partial charge in [0.05, 0.1) is 0 Å². The number of piperidine rings is 1. The van der Waals surface area contributed by atoms with Crippen LogP contribution in [0, 0.1) is 17.3 Å². The fourth-order valence-corrected chi connectivity index (χ4v) is 2.25. The molecule has 88 valence electrons. The molecule has 2 nitrogen and oxygen atoms in total. The van der Waals surface area contributed by atoms with Crippen LogP contribution in [0.1, 0.15) is 47.5 Å². The van der Waals surface area contributed by atoms with Crippen molar-refractivity contribution in [1.82, 2.24) is 4.90 Å². The molecule has 0 bridgehead atoms. The summed E-state index contributed by atoms with van der Waals surface area (Å²) in [6.45, 7) is 12.7. The van der Waals surface area contributed by atoms with Crippen LogP contribution in [0.15, 0.2) is 0 Å². The third-order valence-electron chi connectivity index (χ3n) is 3.45. The Balaban J connectivity index is 2.60. The van der Waals surface area contributed by atoms with Crippen LogP contribution in [0.5, 0.6) is 0 Å². The first-order valence-corrected chi connectivity index (χ1v) is 6.11. The summed E-state index contributed by atoms with van der Waals surface area (Å²) in [5.74, 6) is 1.13. The van der Waals surface area contributed by atoms with Gasteiger partial charge in [0.1, 0.15) is 0 Å². The van der Waals surface area contributed by atoms with Crippen LogP contribution in [0.3, 0.4) is 0 Å². The van der Waals surface area contributed by atoms with Crippen LogP contribution < -0.4 is 0 Å². The van der Waals surface area contributed by atoms with Crippen molar-refractivity contribution in [1.29, 1.82) is 0 Å². The van der Waals surface area contributed by atoms with E-state index in [9.17, 15) is 4.79 Å². The number of hydrogen-bond acceptors (Lipinski definition) is 1. The van der Waals surface area contributed by atoms with E-state index in [1.165, 1.54) is 12.8 Å². The van der Waals surface area contributed by atoms with Crippen molar-refractivity contribution in [2.45, 2.75) is 47.5 Å². The van der Waals surface area contributed by atoms with E-state index in [1.54, 1.807) is 0 Å². The van der Waals surface area contributed by atoms with Crippen molar-refractivity contribution in [3.8, 4) is 0 Å². The second kappa shape index (κ2) is 4.54. The zero-order valence-electron chi connectivity index (χ0n) is 10.8.